The highest BCUT2D eigenvalue weighted by Crippen LogP contribution is 2.06. The molecule has 1 aliphatic rings. The summed E-state index contributed by atoms with van der Waals surface area (Å²) in [5.41, 5.74) is 1.20. The van der Waals surface area contributed by atoms with Crippen molar-refractivity contribution in [2.24, 2.45) is 4.99 Å². The van der Waals surface area contributed by atoms with Gasteiger partial charge < -0.3 is 10.2 Å². The molecule has 0 aliphatic carbocycles. The molecule has 0 amide bonds. The molecular formula is C12H22IN5. The van der Waals surface area contributed by atoms with Gasteiger partial charge in [-0.25, -0.2) is 0 Å². The molecule has 1 N–H and O–H groups in total. The number of guanidine groups is 1. The van der Waals surface area contributed by atoms with Gasteiger partial charge in [0.15, 0.2) is 5.96 Å². The Morgan fingerprint density at radius 1 is 1.44 bits per heavy atom. The molecule has 1 fully saturated rings. The Morgan fingerprint density at radius 3 is 2.72 bits per heavy atom. The van der Waals surface area contributed by atoms with Crippen LogP contribution in [-0.4, -0.2) is 47.3 Å². The van der Waals surface area contributed by atoms with Crippen molar-refractivity contribution in [1.82, 2.24) is 20.0 Å². The normalized spacial score (nSPS) is 15.7. The molecule has 2 heterocycles. The first kappa shape index (κ1) is 15.3. The van der Waals surface area contributed by atoms with Crippen molar-refractivity contribution in [1.29, 1.82) is 0 Å². The Kier molecular flexibility index (Phi) is 6.45. The molecule has 2 rings (SSSR count). The second kappa shape index (κ2) is 7.60. The second-order valence-electron chi connectivity index (χ2n) is 4.45. The van der Waals surface area contributed by atoms with Gasteiger partial charge in [-0.2, -0.15) is 5.10 Å². The minimum absolute atomic E-state index is 0. The lowest BCUT2D eigenvalue weighted by Crippen LogP contribution is -2.40. The Balaban J connectivity index is 0.00000162. The van der Waals surface area contributed by atoms with Crippen LogP contribution in [0.4, 0.5) is 0 Å². The maximum Gasteiger partial charge on any atom is 0.193 e. The first-order chi connectivity index (χ1) is 8.29. The minimum atomic E-state index is 0. The zero-order valence-corrected chi connectivity index (χ0v) is 13.4. The second-order valence-corrected chi connectivity index (χ2v) is 4.45. The number of rotatable bonds is 3. The van der Waals surface area contributed by atoms with Gasteiger partial charge in [-0.05, 0) is 25.3 Å². The first-order valence-corrected chi connectivity index (χ1v) is 6.24. The van der Waals surface area contributed by atoms with Crippen LogP contribution in [0.2, 0.25) is 0 Å². The van der Waals surface area contributed by atoms with E-state index in [1.807, 2.05) is 17.9 Å². The fourth-order valence-corrected chi connectivity index (χ4v) is 2.13. The van der Waals surface area contributed by atoms with Crippen LogP contribution >= 0.6 is 24.0 Å². The molecule has 5 nitrogen and oxygen atoms in total. The summed E-state index contributed by atoms with van der Waals surface area (Å²) < 4.78 is 1.96. The maximum absolute atomic E-state index is 4.31. The van der Waals surface area contributed by atoms with Crippen molar-refractivity contribution in [3.63, 3.8) is 0 Å². The molecule has 6 heteroatoms. The molecule has 18 heavy (non-hydrogen) atoms. The summed E-state index contributed by atoms with van der Waals surface area (Å²) in [6.07, 6.45) is 6.49. The average Bonchev–Trinajstić information content (AvgIpc) is 2.96. The largest absolute Gasteiger partial charge is 0.354 e. The van der Waals surface area contributed by atoms with Gasteiger partial charge in [0.25, 0.3) is 0 Å². The van der Waals surface area contributed by atoms with E-state index in [9.17, 15) is 0 Å². The number of halogens is 1. The summed E-state index contributed by atoms with van der Waals surface area (Å²) in [7, 11) is 1.85. The fraction of sp³-hybridized carbons (Fsp3) is 0.667. The Labute approximate surface area is 126 Å². The third-order valence-electron chi connectivity index (χ3n) is 3.00. The standard InChI is InChI=1S/C12H21N5.HI/c1-11-9-15-17(10-11)8-5-14-12(13-2)16-6-3-4-7-16;/h9-10H,3-8H2,1-2H3,(H,13,14);1H. The van der Waals surface area contributed by atoms with Gasteiger partial charge in [0.1, 0.15) is 0 Å². The van der Waals surface area contributed by atoms with Crippen molar-refractivity contribution in [3.05, 3.63) is 18.0 Å². The van der Waals surface area contributed by atoms with E-state index < -0.39 is 0 Å². The van der Waals surface area contributed by atoms with Gasteiger partial charge in [-0.1, -0.05) is 0 Å². The minimum Gasteiger partial charge on any atom is -0.354 e. The quantitative estimate of drug-likeness (QED) is 0.503. The number of hydrogen-bond donors (Lipinski definition) is 1. The Morgan fingerprint density at radius 2 is 2.17 bits per heavy atom. The van der Waals surface area contributed by atoms with E-state index in [2.05, 4.69) is 33.4 Å². The molecule has 1 aromatic rings. The van der Waals surface area contributed by atoms with Crippen LogP contribution in [0.25, 0.3) is 0 Å². The Bertz CT molecular complexity index is 382. The van der Waals surface area contributed by atoms with Crippen LogP contribution in [0.1, 0.15) is 18.4 Å². The van der Waals surface area contributed by atoms with Crippen LogP contribution in [-0.2, 0) is 6.54 Å². The molecule has 1 saturated heterocycles. The lowest BCUT2D eigenvalue weighted by atomic mass is 10.4. The predicted octanol–water partition coefficient (Wildman–Crippen LogP) is 1.48. The summed E-state index contributed by atoms with van der Waals surface area (Å²) in [5.74, 6) is 1.02. The zero-order chi connectivity index (χ0) is 12.1. The molecule has 0 saturated carbocycles. The summed E-state index contributed by atoms with van der Waals surface area (Å²) in [6, 6.07) is 0. The van der Waals surface area contributed by atoms with E-state index in [1.54, 1.807) is 0 Å². The van der Waals surface area contributed by atoms with Crippen molar-refractivity contribution in [3.8, 4) is 0 Å². The third-order valence-corrected chi connectivity index (χ3v) is 3.00. The van der Waals surface area contributed by atoms with Crippen LogP contribution < -0.4 is 5.32 Å². The number of aromatic nitrogens is 2. The van der Waals surface area contributed by atoms with Crippen molar-refractivity contribution in [2.45, 2.75) is 26.3 Å². The van der Waals surface area contributed by atoms with Crippen LogP contribution in [0, 0.1) is 6.92 Å². The summed E-state index contributed by atoms with van der Waals surface area (Å²) >= 11 is 0. The average molecular weight is 363 g/mol. The molecule has 0 unspecified atom stereocenters. The highest BCUT2D eigenvalue weighted by atomic mass is 127. The molecule has 0 aromatic carbocycles. The topological polar surface area (TPSA) is 45.5 Å². The number of aryl methyl sites for hydroxylation is 1. The van der Waals surface area contributed by atoms with Gasteiger partial charge in [-0.3, -0.25) is 9.67 Å². The number of likely N-dealkylation sites (tertiary alicyclic amines) is 1. The van der Waals surface area contributed by atoms with Crippen molar-refractivity contribution in [2.75, 3.05) is 26.7 Å². The summed E-state index contributed by atoms with van der Waals surface area (Å²) in [5, 5.41) is 7.64. The van der Waals surface area contributed by atoms with Crippen LogP contribution in [0.5, 0.6) is 0 Å². The van der Waals surface area contributed by atoms with Gasteiger partial charge in [0.05, 0.1) is 12.7 Å². The Hall–Kier alpha value is -0.790. The number of aliphatic imine (C=N–C) groups is 1. The molecule has 102 valence electrons. The lowest BCUT2D eigenvalue weighted by Gasteiger charge is -2.20. The van der Waals surface area contributed by atoms with E-state index in [0.29, 0.717) is 0 Å². The number of nitrogens with zero attached hydrogens (tertiary/aromatic N) is 4. The highest BCUT2D eigenvalue weighted by Gasteiger charge is 2.14. The summed E-state index contributed by atoms with van der Waals surface area (Å²) in [4.78, 5) is 6.62. The van der Waals surface area contributed by atoms with E-state index in [4.69, 9.17) is 0 Å². The SMILES string of the molecule is CN=C(NCCn1cc(C)cn1)N1CCCC1.I. The smallest absolute Gasteiger partial charge is 0.193 e. The van der Waals surface area contributed by atoms with E-state index >= 15 is 0 Å². The predicted molar refractivity (Wildman–Crippen MR) is 84.5 cm³/mol. The van der Waals surface area contributed by atoms with Gasteiger partial charge in [0.2, 0.25) is 0 Å². The summed E-state index contributed by atoms with van der Waals surface area (Å²) in [6.45, 7) is 6.05. The van der Waals surface area contributed by atoms with Crippen molar-refractivity contribution >= 4 is 29.9 Å². The van der Waals surface area contributed by atoms with Gasteiger partial charge in [0, 0.05) is 32.9 Å². The molecule has 1 aliphatic heterocycles. The molecule has 0 spiro atoms. The number of nitrogens with one attached hydrogen (secondary N) is 1. The van der Waals surface area contributed by atoms with Crippen molar-refractivity contribution < 1.29 is 0 Å². The monoisotopic (exact) mass is 363 g/mol. The third kappa shape index (κ3) is 4.15. The molecule has 0 bridgehead atoms. The van der Waals surface area contributed by atoms with Crippen LogP contribution in [0.15, 0.2) is 17.4 Å². The molecule has 1 aromatic heterocycles. The number of hydrogen-bond acceptors (Lipinski definition) is 2. The molecule has 0 atom stereocenters. The van der Waals surface area contributed by atoms with E-state index in [1.165, 1.54) is 18.4 Å². The van der Waals surface area contributed by atoms with E-state index in [0.717, 1.165) is 32.1 Å². The van der Waals surface area contributed by atoms with E-state index in [-0.39, 0.29) is 24.0 Å². The van der Waals surface area contributed by atoms with Gasteiger partial charge >= 0.3 is 0 Å². The zero-order valence-electron chi connectivity index (χ0n) is 11.1. The lowest BCUT2D eigenvalue weighted by molar-refractivity contribution is 0.485. The fourth-order valence-electron chi connectivity index (χ4n) is 2.13. The first-order valence-electron chi connectivity index (χ1n) is 6.24. The van der Waals surface area contributed by atoms with Crippen LogP contribution in [0.3, 0.4) is 0 Å². The maximum atomic E-state index is 4.31. The molecular weight excluding hydrogens is 341 g/mol. The highest BCUT2D eigenvalue weighted by molar-refractivity contribution is 14.0. The molecule has 0 radical (unpaired) electrons. The van der Waals surface area contributed by atoms with Gasteiger partial charge in [-0.15, -0.1) is 24.0 Å².